The largest absolute Gasteiger partial charge is 0.303 e. The lowest BCUT2D eigenvalue weighted by molar-refractivity contribution is 0.509. The van der Waals surface area contributed by atoms with Crippen LogP contribution in [0.15, 0.2) is 30.9 Å². The zero-order valence-corrected chi connectivity index (χ0v) is 10.9. The number of rotatable bonds is 6. The van der Waals surface area contributed by atoms with Gasteiger partial charge in [0.05, 0.1) is 6.54 Å². The van der Waals surface area contributed by atoms with Crippen LogP contribution in [0.5, 0.6) is 0 Å². The van der Waals surface area contributed by atoms with E-state index in [-0.39, 0.29) is 6.04 Å². The van der Waals surface area contributed by atoms with E-state index in [2.05, 4.69) is 40.3 Å². The molecule has 0 fully saturated rings. The van der Waals surface area contributed by atoms with Crippen LogP contribution >= 0.6 is 0 Å². The highest BCUT2D eigenvalue weighted by atomic mass is 15.3. The van der Waals surface area contributed by atoms with Crippen molar-refractivity contribution in [2.24, 2.45) is 0 Å². The second kappa shape index (κ2) is 6.26. The SMILES string of the molecule is CCCn1ncnc1CN[C@H](C)c1cccnc1. The van der Waals surface area contributed by atoms with Crippen molar-refractivity contribution in [2.75, 3.05) is 0 Å². The molecule has 2 aromatic rings. The zero-order chi connectivity index (χ0) is 12.8. The number of nitrogens with zero attached hydrogens (tertiary/aromatic N) is 4. The fourth-order valence-corrected chi connectivity index (χ4v) is 1.82. The second-order valence-corrected chi connectivity index (χ2v) is 4.29. The molecule has 96 valence electrons. The van der Waals surface area contributed by atoms with Crippen LogP contribution in [0.25, 0.3) is 0 Å². The minimum atomic E-state index is 0.255. The molecular formula is C13H19N5. The number of nitrogens with one attached hydrogen (secondary N) is 1. The monoisotopic (exact) mass is 245 g/mol. The van der Waals surface area contributed by atoms with Gasteiger partial charge in [-0.3, -0.25) is 4.98 Å². The summed E-state index contributed by atoms with van der Waals surface area (Å²) in [5.74, 6) is 0.979. The van der Waals surface area contributed by atoms with Crippen molar-refractivity contribution < 1.29 is 0 Å². The number of hydrogen-bond donors (Lipinski definition) is 1. The molecule has 2 rings (SSSR count). The molecule has 0 radical (unpaired) electrons. The van der Waals surface area contributed by atoms with Crippen molar-refractivity contribution in [3.63, 3.8) is 0 Å². The average molecular weight is 245 g/mol. The summed E-state index contributed by atoms with van der Waals surface area (Å²) in [4.78, 5) is 8.40. The highest BCUT2D eigenvalue weighted by molar-refractivity contribution is 5.12. The first-order valence-electron chi connectivity index (χ1n) is 6.31. The molecule has 0 unspecified atom stereocenters. The maximum atomic E-state index is 4.27. The maximum Gasteiger partial charge on any atom is 0.140 e. The lowest BCUT2D eigenvalue weighted by Crippen LogP contribution is -2.21. The van der Waals surface area contributed by atoms with E-state index < -0.39 is 0 Å². The number of pyridine rings is 1. The Morgan fingerprint density at radius 1 is 1.44 bits per heavy atom. The maximum absolute atomic E-state index is 4.27. The van der Waals surface area contributed by atoms with Gasteiger partial charge in [-0.25, -0.2) is 9.67 Å². The van der Waals surface area contributed by atoms with Crippen LogP contribution in [0.2, 0.25) is 0 Å². The standard InChI is InChI=1S/C13H19N5/c1-3-7-18-13(16-10-17-18)9-15-11(2)12-5-4-6-14-8-12/h4-6,8,10-11,15H,3,7,9H2,1-2H3/t11-/m1/s1. The predicted molar refractivity (Wildman–Crippen MR) is 69.8 cm³/mol. The van der Waals surface area contributed by atoms with Crippen LogP contribution in [-0.2, 0) is 13.1 Å². The predicted octanol–water partition coefficient (Wildman–Crippen LogP) is 1.93. The Labute approximate surface area is 107 Å². The Kier molecular flexibility index (Phi) is 4.41. The molecule has 1 atom stereocenters. The molecule has 0 amide bonds. The van der Waals surface area contributed by atoms with Crippen LogP contribution < -0.4 is 5.32 Å². The molecule has 0 aliphatic carbocycles. The van der Waals surface area contributed by atoms with Gasteiger partial charge in [0.2, 0.25) is 0 Å². The molecule has 0 aromatic carbocycles. The fourth-order valence-electron chi connectivity index (χ4n) is 1.82. The number of aromatic nitrogens is 4. The lowest BCUT2D eigenvalue weighted by atomic mass is 10.1. The molecule has 0 bridgehead atoms. The first kappa shape index (κ1) is 12.7. The summed E-state index contributed by atoms with van der Waals surface area (Å²) in [7, 11) is 0. The summed E-state index contributed by atoms with van der Waals surface area (Å²) in [6.07, 6.45) is 6.35. The molecule has 0 saturated heterocycles. The molecule has 2 heterocycles. The van der Waals surface area contributed by atoms with Gasteiger partial charge in [0.1, 0.15) is 12.2 Å². The minimum absolute atomic E-state index is 0.255. The first-order chi connectivity index (χ1) is 8.81. The van der Waals surface area contributed by atoms with Crippen molar-refractivity contribution in [1.29, 1.82) is 0 Å². The van der Waals surface area contributed by atoms with Gasteiger partial charge < -0.3 is 5.32 Å². The van der Waals surface area contributed by atoms with Gasteiger partial charge in [-0.15, -0.1) is 0 Å². The molecule has 5 heteroatoms. The number of aryl methyl sites for hydroxylation is 1. The summed E-state index contributed by atoms with van der Waals surface area (Å²) < 4.78 is 1.95. The van der Waals surface area contributed by atoms with Crippen molar-refractivity contribution in [3.05, 3.63) is 42.2 Å². The summed E-state index contributed by atoms with van der Waals surface area (Å²) >= 11 is 0. The highest BCUT2D eigenvalue weighted by Gasteiger charge is 2.07. The van der Waals surface area contributed by atoms with Crippen molar-refractivity contribution in [2.45, 2.75) is 39.4 Å². The Morgan fingerprint density at radius 2 is 2.33 bits per heavy atom. The smallest absolute Gasteiger partial charge is 0.140 e. The third kappa shape index (κ3) is 3.13. The third-order valence-corrected chi connectivity index (χ3v) is 2.88. The fraction of sp³-hybridized carbons (Fsp3) is 0.462. The van der Waals surface area contributed by atoms with Gasteiger partial charge >= 0.3 is 0 Å². The molecule has 5 nitrogen and oxygen atoms in total. The summed E-state index contributed by atoms with van der Waals surface area (Å²) in [5.41, 5.74) is 1.18. The van der Waals surface area contributed by atoms with E-state index in [1.54, 1.807) is 12.5 Å². The van der Waals surface area contributed by atoms with Crippen molar-refractivity contribution in [3.8, 4) is 0 Å². The van der Waals surface area contributed by atoms with Gasteiger partial charge in [-0.1, -0.05) is 13.0 Å². The van der Waals surface area contributed by atoms with Gasteiger partial charge in [-0.05, 0) is 25.0 Å². The highest BCUT2D eigenvalue weighted by Crippen LogP contribution is 2.10. The number of hydrogen-bond acceptors (Lipinski definition) is 4. The molecule has 2 aromatic heterocycles. The Balaban J connectivity index is 1.93. The van der Waals surface area contributed by atoms with E-state index in [1.807, 2.05) is 16.9 Å². The molecule has 18 heavy (non-hydrogen) atoms. The zero-order valence-electron chi connectivity index (χ0n) is 10.9. The Morgan fingerprint density at radius 3 is 3.06 bits per heavy atom. The van der Waals surface area contributed by atoms with Crippen LogP contribution in [0.1, 0.15) is 37.7 Å². The molecule has 0 aliphatic heterocycles. The van der Waals surface area contributed by atoms with Crippen molar-refractivity contribution >= 4 is 0 Å². The van der Waals surface area contributed by atoms with E-state index in [4.69, 9.17) is 0 Å². The second-order valence-electron chi connectivity index (χ2n) is 4.29. The molecule has 0 spiro atoms. The Hall–Kier alpha value is -1.75. The molecule has 0 saturated carbocycles. The summed E-state index contributed by atoms with van der Waals surface area (Å²) in [6.45, 7) is 5.89. The third-order valence-electron chi connectivity index (χ3n) is 2.88. The summed E-state index contributed by atoms with van der Waals surface area (Å²) in [5, 5.41) is 7.65. The average Bonchev–Trinajstić information content (AvgIpc) is 2.85. The summed E-state index contributed by atoms with van der Waals surface area (Å²) in [6, 6.07) is 4.28. The molecular weight excluding hydrogens is 226 g/mol. The van der Waals surface area contributed by atoms with E-state index in [0.717, 1.165) is 25.3 Å². The lowest BCUT2D eigenvalue weighted by Gasteiger charge is -2.13. The van der Waals surface area contributed by atoms with Crippen LogP contribution in [-0.4, -0.2) is 19.7 Å². The van der Waals surface area contributed by atoms with Gasteiger partial charge in [0.25, 0.3) is 0 Å². The van der Waals surface area contributed by atoms with Crippen LogP contribution in [0, 0.1) is 0 Å². The van der Waals surface area contributed by atoms with Gasteiger partial charge in [0.15, 0.2) is 0 Å². The normalized spacial score (nSPS) is 12.6. The van der Waals surface area contributed by atoms with E-state index in [0.29, 0.717) is 0 Å². The van der Waals surface area contributed by atoms with E-state index in [9.17, 15) is 0 Å². The van der Waals surface area contributed by atoms with Crippen LogP contribution in [0.3, 0.4) is 0 Å². The first-order valence-corrected chi connectivity index (χ1v) is 6.31. The molecule has 1 N–H and O–H groups in total. The van der Waals surface area contributed by atoms with Gasteiger partial charge in [-0.2, -0.15) is 5.10 Å². The quantitative estimate of drug-likeness (QED) is 0.845. The van der Waals surface area contributed by atoms with E-state index in [1.165, 1.54) is 5.56 Å². The van der Waals surface area contributed by atoms with Gasteiger partial charge in [0, 0.05) is 25.0 Å². The molecule has 0 aliphatic rings. The van der Waals surface area contributed by atoms with Crippen molar-refractivity contribution in [1.82, 2.24) is 25.1 Å². The topological polar surface area (TPSA) is 55.6 Å². The Bertz CT molecular complexity index is 465. The van der Waals surface area contributed by atoms with Crippen LogP contribution in [0.4, 0.5) is 0 Å². The van der Waals surface area contributed by atoms with E-state index >= 15 is 0 Å². The minimum Gasteiger partial charge on any atom is -0.303 e.